The van der Waals surface area contributed by atoms with Crippen molar-refractivity contribution in [3.05, 3.63) is 179 Å². The maximum absolute atomic E-state index is 5.62. The van der Waals surface area contributed by atoms with Gasteiger partial charge in [-0.3, -0.25) is 0 Å². The fraction of sp³-hybridized carbons (Fsp3) is 0.0769. The van der Waals surface area contributed by atoms with Gasteiger partial charge in [0.1, 0.15) is 0 Å². The van der Waals surface area contributed by atoms with E-state index in [0.717, 1.165) is 53.4 Å². The van der Waals surface area contributed by atoms with Crippen LogP contribution in [0.1, 0.15) is 33.4 Å². The zero-order chi connectivity index (χ0) is 32.0. The van der Waals surface area contributed by atoms with Gasteiger partial charge in [-0.25, -0.2) is 0 Å². The van der Waals surface area contributed by atoms with Crippen LogP contribution in [0.4, 0.5) is 34.1 Å². The summed E-state index contributed by atoms with van der Waals surface area (Å²) < 4.78 is 0. The van der Waals surface area contributed by atoms with Crippen LogP contribution in [0.3, 0.4) is 0 Å². The molecule has 0 fully saturated rings. The van der Waals surface area contributed by atoms with Crippen LogP contribution >= 0.6 is 12.4 Å². The van der Waals surface area contributed by atoms with Crippen molar-refractivity contribution < 1.29 is 0 Å². The van der Waals surface area contributed by atoms with Crippen molar-refractivity contribution in [1.82, 2.24) is 0 Å². The van der Waals surface area contributed by atoms with Gasteiger partial charge in [0.2, 0.25) is 0 Å². The van der Waals surface area contributed by atoms with Gasteiger partial charge in [-0.1, -0.05) is 72.8 Å². The Bertz CT molecular complexity index is 1380. The van der Waals surface area contributed by atoms with Gasteiger partial charge in [0.25, 0.3) is 0 Å². The van der Waals surface area contributed by atoms with E-state index < -0.39 is 0 Å². The molecule has 0 aliphatic carbocycles. The quantitative estimate of drug-likeness (QED) is 0.0831. The monoisotopic (exact) mass is 654 g/mol. The molecule has 0 heterocycles. The fourth-order valence-electron chi connectivity index (χ4n) is 4.52. The van der Waals surface area contributed by atoms with E-state index >= 15 is 0 Å². The first-order valence-electron chi connectivity index (χ1n) is 14.8. The van der Waals surface area contributed by atoms with Gasteiger partial charge in [-0.05, 0) is 125 Å². The molecular weight excluding hydrogens is 611 g/mol. The molecule has 0 aromatic heterocycles. The molecule has 0 aliphatic heterocycles. The van der Waals surface area contributed by atoms with Crippen LogP contribution in [0, 0.1) is 0 Å². The Balaban J connectivity index is 0.000000240. The van der Waals surface area contributed by atoms with Gasteiger partial charge in [0.15, 0.2) is 0 Å². The van der Waals surface area contributed by atoms with Gasteiger partial charge in [0, 0.05) is 34.1 Å². The summed E-state index contributed by atoms with van der Waals surface area (Å²) in [6.45, 7) is 0. The summed E-state index contributed by atoms with van der Waals surface area (Å²) in [7, 11) is 0. The van der Waals surface area contributed by atoms with Crippen molar-refractivity contribution in [2.24, 2.45) is 0 Å². The Morgan fingerprint density at radius 2 is 0.340 bits per heavy atom. The SMILES string of the molecule is Cl.Nc1ccc(Cc2ccc(N)cc2)cc1.Nc1ccc(Cc2ccc(N)cc2)cc1.Nc1ccc(Cc2ccc(N)cc2)cc1.[NaH]. The fourth-order valence-corrected chi connectivity index (χ4v) is 4.52. The molecule has 0 aliphatic rings. The topological polar surface area (TPSA) is 156 Å². The van der Waals surface area contributed by atoms with E-state index in [1.165, 1.54) is 33.4 Å². The van der Waals surface area contributed by atoms with Crippen molar-refractivity contribution in [3.8, 4) is 0 Å². The second kappa shape index (κ2) is 19.8. The zero-order valence-corrected chi connectivity index (χ0v) is 26.7. The first kappa shape index (κ1) is 38.6. The van der Waals surface area contributed by atoms with Crippen molar-refractivity contribution in [2.45, 2.75) is 19.3 Å². The van der Waals surface area contributed by atoms with Crippen molar-refractivity contribution >= 4 is 76.1 Å². The molecule has 12 N–H and O–H groups in total. The van der Waals surface area contributed by atoms with E-state index in [4.69, 9.17) is 34.4 Å². The summed E-state index contributed by atoms with van der Waals surface area (Å²) in [5, 5.41) is 0. The van der Waals surface area contributed by atoms with Gasteiger partial charge in [-0.2, -0.15) is 0 Å². The number of halogens is 1. The number of benzene rings is 6. The third-order valence-electron chi connectivity index (χ3n) is 7.10. The van der Waals surface area contributed by atoms with E-state index in [0.29, 0.717) is 0 Å². The molecule has 0 saturated heterocycles. The molecule has 8 heteroatoms. The maximum atomic E-state index is 5.62. The van der Waals surface area contributed by atoms with Crippen LogP contribution in [-0.4, -0.2) is 29.6 Å². The molecular formula is C39H44ClN6Na. The third-order valence-corrected chi connectivity index (χ3v) is 7.10. The first-order chi connectivity index (χ1) is 21.7. The van der Waals surface area contributed by atoms with Gasteiger partial charge < -0.3 is 34.4 Å². The molecule has 6 aromatic rings. The minimum atomic E-state index is 0. The summed E-state index contributed by atoms with van der Waals surface area (Å²) in [6.07, 6.45) is 2.75. The molecule has 6 nitrogen and oxygen atoms in total. The number of nitrogen functional groups attached to an aromatic ring is 6. The van der Waals surface area contributed by atoms with Crippen LogP contribution in [0.5, 0.6) is 0 Å². The van der Waals surface area contributed by atoms with Crippen LogP contribution in [0.2, 0.25) is 0 Å². The van der Waals surface area contributed by atoms with E-state index in [-0.39, 0.29) is 42.0 Å². The summed E-state index contributed by atoms with van der Waals surface area (Å²) in [4.78, 5) is 0. The standard InChI is InChI=1S/3C13H14N2.ClH.Na.H/c3*14-12-5-1-10(2-6-12)9-11-3-7-13(15)8-4-11;;;/h3*1-8H,9,14-15H2;1H;;. The summed E-state index contributed by atoms with van der Waals surface area (Å²) in [6, 6.07) is 47.6. The molecule has 0 unspecified atom stereocenters. The Labute approximate surface area is 306 Å². The van der Waals surface area contributed by atoms with E-state index in [2.05, 4.69) is 0 Å². The van der Waals surface area contributed by atoms with Crippen LogP contribution in [0.25, 0.3) is 0 Å². The molecule has 47 heavy (non-hydrogen) atoms. The first-order valence-corrected chi connectivity index (χ1v) is 14.8. The second-order valence-corrected chi connectivity index (χ2v) is 11.0. The number of hydrogen-bond acceptors (Lipinski definition) is 6. The molecule has 0 saturated carbocycles. The number of anilines is 6. The average Bonchev–Trinajstić information content (AvgIpc) is 3.04. The minimum absolute atomic E-state index is 0. The molecule has 0 amide bonds. The Morgan fingerprint density at radius 3 is 0.447 bits per heavy atom. The van der Waals surface area contributed by atoms with E-state index in [1.807, 2.05) is 146 Å². The normalized spacial score (nSPS) is 9.70. The Morgan fingerprint density at radius 1 is 0.234 bits per heavy atom. The van der Waals surface area contributed by atoms with Gasteiger partial charge in [-0.15, -0.1) is 12.4 Å². The van der Waals surface area contributed by atoms with Crippen LogP contribution in [0.15, 0.2) is 146 Å². The average molecular weight is 655 g/mol. The third kappa shape index (κ3) is 14.2. The predicted octanol–water partition coefficient (Wildman–Crippen LogP) is 7.10. The molecule has 0 atom stereocenters. The number of nitrogens with two attached hydrogens (primary N) is 6. The Kier molecular flexibility index (Phi) is 16.3. The van der Waals surface area contributed by atoms with Crippen LogP contribution in [-0.2, 0) is 19.3 Å². The zero-order valence-electron chi connectivity index (χ0n) is 25.9. The summed E-state index contributed by atoms with van der Waals surface area (Å²) in [5.74, 6) is 0. The van der Waals surface area contributed by atoms with E-state index in [9.17, 15) is 0 Å². The Hall–Kier alpha value is -4.59. The molecule has 6 rings (SSSR count). The van der Waals surface area contributed by atoms with Gasteiger partial charge >= 0.3 is 29.6 Å². The number of rotatable bonds is 6. The van der Waals surface area contributed by atoms with Crippen molar-refractivity contribution in [3.63, 3.8) is 0 Å². The molecule has 0 spiro atoms. The van der Waals surface area contributed by atoms with Crippen molar-refractivity contribution in [1.29, 1.82) is 0 Å². The van der Waals surface area contributed by atoms with E-state index in [1.54, 1.807) is 0 Å². The molecule has 6 aromatic carbocycles. The second-order valence-electron chi connectivity index (χ2n) is 11.0. The molecule has 238 valence electrons. The van der Waals surface area contributed by atoms with Gasteiger partial charge in [0.05, 0.1) is 0 Å². The molecule has 0 bridgehead atoms. The predicted molar refractivity (Wildman–Crippen MR) is 208 cm³/mol. The number of hydrogen-bond donors (Lipinski definition) is 6. The summed E-state index contributed by atoms with van der Waals surface area (Å²) in [5.41, 5.74) is 46.1. The summed E-state index contributed by atoms with van der Waals surface area (Å²) >= 11 is 0. The van der Waals surface area contributed by atoms with Crippen molar-refractivity contribution in [2.75, 3.05) is 34.4 Å². The van der Waals surface area contributed by atoms with Crippen LogP contribution < -0.4 is 34.4 Å². The molecule has 0 radical (unpaired) electrons.